The quantitative estimate of drug-likeness (QED) is 0.738. The minimum Gasteiger partial charge on any atom is -0.377 e. The summed E-state index contributed by atoms with van der Waals surface area (Å²) < 4.78 is 51.6. The van der Waals surface area contributed by atoms with Crippen LogP contribution in [0.25, 0.3) is 0 Å². The number of benzene rings is 1. The Morgan fingerprint density at radius 1 is 1.33 bits per heavy atom. The zero-order chi connectivity index (χ0) is 18.1. The molecular formula is C14H12F4N4O2. The van der Waals surface area contributed by atoms with Crippen LogP contribution in [0, 0.1) is 12.7 Å². The van der Waals surface area contributed by atoms with E-state index < -0.39 is 29.2 Å². The molecule has 4 N–H and O–H groups in total. The van der Waals surface area contributed by atoms with E-state index in [1.807, 2.05) is 0 Å². The summed E-state index contributed by atoms with van der Waals surface area (Å²) in [6.45, 7) is 1.09. The number of aromatic amines is 1. The number of nitrogens with one attached hydrogen (secondary N) is 2. The highest BCUT2D eigenvalue weighted by Crippen LogP contribution is 2.26. The maximum absolute atomic E-state index is 13.7. The Bertz CT molecular complexity index is 846. The van der Waals surface area contributed by atoms with Crippen molar-refractivity contribution >= 4 is 11.6 Å². The van der Waals surface area contributed by atoms with E-state index >= 15 is 0 Å². The average molecular weight is 344 g/mol. The smallest absolute Gasteiger partial charge is 0.377 e. The van der Waals surface area contributed by atoms with Gasteiger partial charge in [-0.25, -0.2) is 9.37 Å². The fourth-order valence-corrected chi connectivity index (χ4v) is 1.92. The molecule has 1 aromatic carbocycles. The highest BCUT2D eigenvalue weighted by molar-refractivity contribution is 5.94. The van der Waals surface area contributed by atoms with Crippen molar-refractivity contribution < 1.29 is 22.4 Å². The molecule has 0 radical (unpaired) electrons. The summed E-state index contributed by atoms with van der Waals surface area (Å²) in [7, 11) is 0. The highest BCUT2D eigenvalue weighted by Gasteiger charge is 2.33. The monoisotopic (exact) mass is 344 g/mol. The molecule has 0 saturated carbocycles. The predicted octanol–water partition coefficient (Wildman–Crippen LogP) is 1.95. The lowest BCUT2D eigenvalue weighted by atomic mass is 10.1. The van der Waals surface area contributed by atoms with Gasteiger partial charge in [-0.05, 0) is 19.1 Å². The van der Waals surface area contributed by atoms with Crippen molar-refractivity contribution in [1.82, 2.24) is 9.97 Å². The Balaban J connectivity index is 2.30. The molecule has 0 fully saturated rings. The van der Waals surface area contributed by atoms with Crippen molar-refractivity contribution in [3.8, 4) is 0 Å². The fraction of sp³-hybridized carbons (Fsp3) is 0.214. The Morgan fingerprint density at radius 3 is 2.58 bits per heavy atom. The Kier molecular flexibility index (Phi) is 4.58. The number of rotatable bonds is 4. The predicted molar refractivity (Wildman–Crippen MR) is 76.8 cm³/mol. The number of halogens is 4. The first kappa shape index (κ1) is 17.4. The van der Waals surface area contributed by atoms with Crippen molar-refractivity contribution in [2.24, 2.45) is 5.73 Å². The summed E-state index contributed by atoms with van der Waals surface area (Å²) in [5.74, 6) is -1.86. The van der Waals surface area contributed by atoms with Crippen molar-refractivity contribution in [3.05, 3.63) is 57.0 Å². The minimum atomic E-state index is -4.77. The van der Waals surface area contributed by atoms with E-state index in [4.69, 9.17) is 5.73 Å². The number of amides is 1. The largest absolute Gasteiger partial charge is 0.433 e. The number of carbonyl (C=O) groups is 1. The van der Waals surface area contributed by atoms with Crippen LogP contribution >= 0.6 is 0 Å². The van der Waals surface area contributed by atoms with Crippen molar-refractivity contribution in [1.29, 1.82) is 0 Å². The lowest BCUT2D eigenvalue weighted by molar-refractivity contribution is -0.141. The topological polar surface area (TPSA) is 101 Å². The van der Waals surface area contributed by atoms with Gasteiger partial charge in [-0.15, -0.1) is 0 Å². The molecule has 0 saturated heterocycles. The van der Waals surface area contributed by atoms with Crippen molar-refractivity contribution in [2.75, 3.05) is 5.32 Å². The van der Waals surface area contributed by atoms with E-state index in [0.717, 1.165) is 6.07 Å². The molecule has 2 aromatic rings. The van der Waals surface area contributed by atoms with Gasteiger partial charge in [0.25, 0.3) is 5.56 Å². The first-order chi connectivity index (χ1) is 11.1. The van der Waals surface area contributed by atoms with Gasteiger partial charge < -0.3 is 16.0 Å². The van der Waals surface area contributed by atoms with Crippen molar-refractivity contribution in [3.63, 3.8) is 0 Å². The van der Waals surface area contributed by atoms with Crippen LogP contribution in [-0.2, 0) is 12.7 Å². The molecule has 10 heteroatoms. The molecule has 0 bridgehead atoms. The van der Waals surface area contributed by atoms with Gasteiger partial charge >= 0.3 is 6.18 Å². The molecule has 24 heavy (non-hydrogen) atoms. The van der Waals surface area contributed by atoms with Gasteiger partial charge in [0.05, 0.1) is 6.54 Å². The first-order valence-corrected chi connectivity index (χ1v) is 6.59. The lowest BCUT2D eigenvalue weighted by Crippen LogP contribution is -2.20. The molecule has 2 rings (SSSR count). The molecular weight excluding hydrogens is 332 g/mol. The lowest BCUT2D eigenvalue weighted by Gasteiger charge is -2.12. The van der Waals surface area contributed by atoms with E-state index in [1.54, 1.807) is 0 Å². The average Bonchev–Trinajstić information content (AvgIpc) is 2.47. The number of hydrogen-bond donors (Lipinski definition) is 3. The number of nitrogens with zero attached hydrogens (tertiary/aromatic N) is 1. The number of aromatic nitrogens is 2. The summed E-state index contributed by atoms with van der Waals surface area (Å²) in [5, 5.41) is 2.62. The van der Waals surface area contributed by atoms with Crippen LogP contribution in [0.5, 0.6) is 0 Å². The maximum atomic E-state index is 13.7. The molecule has 0 aliphatic carbocycles. The zero-order valence-electron chi connectivity index (χ0n) is 12.3. The third-order valence-corrected chi connectivity index (χ3v) is 3.16. The number of hydrogen-bond acceptors (Lipinski definition) is 4. The molecule has 0 spiro atoms. The summed E-state index contributed by atoms with van der Waals surface area (Å²) in [4.78, 5) is 27.9. The molecule has 6 nitrogen and oxygen atoms in total. The summed E-state index contributed by atoms with van der Waals surface area (Å²) in [6.07, 6.45) is -4.77. The summed E-state index contributed by atoms with van der Waals surface area (Å²) >= 11 is 0. The van der Waals surface area contributed by atoms with Crippen LogP contribution in [0.4, 0.5) is 23.2 Å². The van der Waals surface area contributed by atoms with Crippen LogP contribution < -0.4 is 16.6 Å². The van der Waals surface area contributed by atoms with Gasteiger partial charge in [0.2, 0.25) is 5.91 Å². The van der Waals surface area contributed by atoms with E-state index in [2.05, 4.69) is 15.3 Å². The molecule has 1 heterocycles. The van der Waals surface area contributed by atoms with Gasteiger partial charge in [-0.2, -0.15) is 13.2 Å². The maximum Gasteiger partial charge on any atom is 0.433 e. The van der Waals surface area contributed by atoms with E-state index in [9.17, 15) is 27.2 Å². The van der Waals surface area contributed by atoms with Crippen LogP contribution in [-0.4, -0.2) is 15.9 Å². The van der Waals surface area contributed by atoms with E-state index in [-0.39, 0.29) is 29.2 Å². The number of primary amides is 1. The van der Waals surface area contributed by atoms with Crippen LogP contribution in [0.3, 0.4) is 0 Å². The van der Waals surface area contributed by atoms with Gasteiger partial charge in [0.1, 0.15) is 11.6 Å². The normalized spacial score (nSPS) is 11.4. The molecule has 0 atom stereocenters. The van der Waals surface area contributed by atoms with Crippen LogP contribution in [0.1, 0.15) is 27.4 Å². The second kappa shape index (κ2) is 6.30. The van der Waals surface area contributed by atoms with Crippen LogP contribution in [0.2, 0.25) is 0 Å². The number of H-pyrrole nitrogens is 1. The molecule has 1 amide bonds. The highest BCUT2D eigenvalue weighted by atomic mass is 19.4. The van der Waals surface area contributed by atoms with Gasteiger partial charge in [-0.3, -0.25) is 9.59 Å². The number of alkyl halides is 3. The molecule has 0 unspecified atom stereocenters. The molecule has 128 valence electrons. The van der Waals surface area contributed by atoms with E-state index in [1.165, 1.54) is 13.0 Å². The number of carbonyl (C=O) groups excluding carboxylic acids is 1. The minimum absolute atomic E-state index is 0.105. The molecule has 1 aromatic heterocycles. The second-order valence-electron chi connectivity index (χ2n) is 4.92. The molecule has 0 aliphatic rings. The Hall–Kier alpha value is -2.91. The number of nitrogens with two attached hydrogens (primary N) is 1. The summed E-state index contributed by atoms with van der Waals surface area (Å²) in [5.41, 5.74) is 2.94. The van der Waals surface area contributed by atoms with Crippen LogP contribution in [0.15, 0.2) is 23.0 Å². The second-order valence-corrected chi connectivity index (χ2v) is 4.92. The Labute approximate surface area is 132 Å². The van der Waals surface area contributed by atoms with Gasteiger partial charge in [0.15, 0.2) is 5.69 Å². The standard InChI is InChI=1S/C14H12F4N4O2/c1-6-8(15)2-7(13(19)24)3-9(6)20-5-11-21-10(14(16,17)18)4-12(23)22-11/h2-4,20H,5H2,1H3,(H2,19,24)(H,21,22,23). The van der Waals surface area contributed by atoms with Gasteiger partial charge in [0, 0.05) is 22.9 Å². The van der Waals surface area contributed by atoms with Gasteiger partial charge in [-0.1, -0.05) is 0 Å². The number of anilines is 1. The third-order valence-electron chi connectivity index (χ3n) is 3.16. The SMILES string of the molecule is Cc1c(F)cc(C(N)=O)cc1NCc1nc(C(F)(F)F)cc(=O)[nH]1. The van der Waals surface area contributed by atoms with E-state index in [0.29, 0.717) is 6.07 Å². The Morgan fingerprint density at radius 2 is 2.00 bits per heavy atom. The van der Waals surface area contributed by atoms with Crippen molar-refractivity contribution in [2.45, 2.75) is 19.6 Å². The molecule has 0 aliphatic heterocycles. The fourth-order valence-electron chi connectivity index (χ4n) is 1.92. The third kappa shape index (κ3) is 3.89. The summed E-state index contributed by atoms with van der Waals surface area (Å²) in [6, 6.07) is 2.54. The first-order valence-electron chi connectivity index (χ1n) is 6.59. The zero-order valence-corrected chi connectivity index (χ0v) is 12.3.